The number of nitro groups is 1. The predicted octanol–water partition coefficient (Wildman–Crippen LogP) is 4.58. The van der Waals surface area contributed by atoms with Crippen LogP contribution in [0.4, 0.5) is 11.4 Å². The lowest BCUT2D eigenvalue weighted by Gasteiger charge is -2.08. The summed E-state index contributed by atoms with van der Waals surface area (Å²) in [5.41, 5.74) is 4.29. The summed E-state index contributed by atoms with van der Waals surface area (Å²) < 4.78 is 6.91. The number of nitro benzene ring substituents is 1. The summed E-state index contributed by atoms with van der Waals surface area (Å²) in [6.45, 7) is 0.173. The Hall–Kier alpha value is -2.37. The van der Waals surface area contributed by atoms with E-state index in [2.05, 4.69) is 48.3 Å². The van der Waals surface area contributed by atoms with Crippen molar-refractivity contribution in [2.75, 3.05) is 12.0 Å². The highest BCUT2D eigenvalue weighted by Gasteiger charge is 2.08. The van der Waals surface area contributed by atoms with Gasteiger partial charge in [0.15, 0.2) is 0 Å². The molecule has 0 spiro atoms. The smallest absolute Gasteiger partial charge is 0.269 e. The normalized spacial score (nSPS) is 10.4. The minimum Gasteiger partial charge on any atom is -0.479 e. The largest absolute Gasteiger partial charge is 0.479 e. The molecule has 0 saturated carbocycles. The second-order valence-corrected chi connectivity index (χ2v) is 6.19. The molecule has 2 aromatic carbocycles. The molecule has 0 unspecified atom stereocenters. The van der Waals surface area contributed by atoms with Gasteiger partial charge in [-0.05, 0) is 61.7 Å². The van der Waals surface area contributed by atoms with E-state index in [-0.39, 0.29) is 12.3 Å². The van der Waals surface area contributed by atoms with E-state index in [1.54, 1.807) is 18.3 Å². The molecule has 0 heterocycles. The van der Waals surface area contributed by atoms with Gasteiger partial charge in [-0.3, -0.25) is 15.5 Å². The number of terminal acetylenes is 1. The van der Waals surface area contributed by atoms with Crippen molar-refractivity contribution in [1.82, 2.24) is 0 Å². The van der Waals surface area contributed by atoms with Crippen LogP contribution in [0.15, 0.2) is 50.4 Å². The quantitative estimate of drug-likeness (QED) is 0.301. The van der Waals surface area contributed by atoms with E-state index < -0.39 is 4.92 Å². The number of nitrogens with one attached hydrogen (secondary N) is 1. The molecule has 0 amide bonds. The zero-order valence-corrected chi connectivity index (χ0v) is 15.4. The number of non-ortho nitro benzene ring substituents is 1. The monoisotopic (exact) mass is 451 g/mol. The highest BCUT2D eigenvalue weighted by Crippen LogP contribution is 2.34. The van der Waals surface area contributed by atoms with Gasteiger partial charge in [-0.1, -0.05) is 5.92 Å². The van der Waals surface area contributed by atoms with E-state index in [9.17, 15) is 10.1 Å². The molecule has 24 heavy (non-hydrogen) atoms. The first-order chi connectivity index (χ1) is 11.5. The number of nitrogens with zero attached hydrogens (tertiary/aromatic N) is 2. The molecule has 0 aliphatic rings. The van der Waals surface area contributed by atoms with E-state index >= 15 is 0 Å². The van der Waals surface area contributed by atoms with Crippen molar-refractivity contribution < 1.29 is 9.66 Å². The lowest BCUT2D eigenvalue weighted by Crippen LogP contribution is -1.97. The standard InChI is InChI=1S/C16H11Br2N3O3/c1-2-7-24-16-14(17)8-11(9-15(16)18)10-19-20-12-3-5-13(6-4-12)21(22)23/h1,3-6,8-10,20H,7H2/b19-10+. The Kier molecular flexibility index (Phi) is 6.35. The summed E-state index contributed by atoms with van der Waals surface area (Å²) in [5.74, 6) is 3.03. The Bertz CT molecular complexity index is 791. The summed E-state index contributed by atoms with van der Waals surface area (Å²) in [5, 5.41) is 14.7. The molecule has 2 aromatic rings. The first-order valence-electron chi connectivity index (χ1n) is 6.60. The van der Waals surface area contributed by atoms with Crippen molar-refractivity contribution in [3.63, 3.8) is 0 Å². The molecule has 0 saturated heterocycles. The van der Waals surface area contributed by atoms with Crippen molar-refractivity contribution in [2.24, 2.45) is 5.10 Å². The molecule has 6 nitrogen and oxygen atoms in total. The Morgan fingerprint density at radius 2 is 1.92 bits per heavy atom. The highest BCUT2D eigenvalue weighted by atomic mass is 79.9. The average molecular weight is 453 g/mol. The van der Waals surface area contributed by atoms with Crippen LogP contribution in [0.25, 0.3) is 0 Å². The first kappa shape index (κ1) is 18.0. The molecule has 1 N–H and O–H groups in total. The molecule has 8 heteroatoms. The third-order valence-corrected chi connectivity index (χ3v) is 3.98. The fourth-order valence-electron chi connectivity index (χ4n) is 1.74. The van der Waals surface area contributed by atoms with Crippen LogP contribution in [0, 0.1) is 22.5 Å². The lowest BCUT2D eigenvalue weighted by molar-refractivity contribution is -0.384. The summed E-state index contributed by atoms with van der Waals surface area (Å²) in [6.07, 6.45) is 6.79. The molecule has 122 valence electrons. The molecule has 0 aromatic heterocycles. The summed E-state index contributed by atoms with van der Waals surface area (Å²) in [4.78, 5) is 10.1. The van der Waals surface area contributed by atoms with Gasteiger partial charge < -0.3 is 4.74 Å². The van der Waals surface area contributed by atoms with Gasteiger partial charge in [-0.2, -0.15) is 5.10 Å². The molecule has 0 atom stereocenters. The number of benzene rings is 2. The highest BCUT2D eigenvalue weighted by molar-refractivity contribution is 9.11. The van der Waals surface area contributed by atoms with E-state index in [0.29, 0.717) is 11.4 Å². The van der Waals surface area contributed by atoms with Gasteiger partial charge in [-0.15, -0.1) is 6.42 Å². The van der Waals surface area contributed by atoms with Crippen LogP contribution in [-0.2, 0) is 0 Å². The minimum absolute atomic E-state index is 0.0277. The third kappa shape index (κ3) is 4.81. The molecule has 0 fully saturated rings. The number of hydrazone groups is 1. The zero-order valence-electron chi connectivity index (χ0n) is 12.2. The van der Waals surface area contributed by atoms with E-state index in [4.69, 9.17) is 11.2 Å². The van der Waals surface area contributed by atoms with Crippen molar-refractivity contribution >= 4 is 49.4 Å². The second kappa shape index (κ2) is 8.47. The topological polar surface area (TPSA) is 76.8 Å². The minimum atomic E-state index is -0.452. The summed E-state index contributed by atoms with van der Waals surface area (Å²) in [6, 6.07) is 9.64. The van der Waals surface area contributed by atoms with Gasteiger partial charge in [0.1, 0.15) is 12.4 Å². The van der Waals surface area contributed by atoms with Crippen LogP contribution in [0.1, 0.15) is 5.56 Å². The maximum atomic E-state index is 10.6. The number of rotatable bonds is 6. The number of hydrogen-bond acceptors (Lipinski definition) is 5. The summed E-state index contributed by atoms with van der Waals surface area (Å²) >= 11 is 6.83. The van der Waals surface area contributed by atoms with Gasteiger partial charge in [0.2, 0.25) is 0 Å². The SMILES string of the molecule is C#CCOc1c(Br)cc(/C=N/Nc2ccc([N+](=O)[O-])cc2)cc1Br. The molecule has 2 rings (SSSR count). The van der Waals surface area contributed by atoms with Crippen LogP contribution >= 0.6 is 31.9 Å². The van der Waals surface area contributed by atoms with Crippen molar-refractivity contribution in [3.8, 4) is 18.1 Å². The van der Waals surface area contributed by atoms with Gasteiger partial charge >= 0.3 is 0 Å². The number of anilines is 1. The Morgan fingerprint density at radius 3 is 2.46 bits per heavy atom. The maximum absolute atomic E-state index is 10.6. The van der Waals surface area contributed by atoms with Gasteiger partial charge in [0, 0.05) is 12.1 Å². The van der Waals surface area contributed by atoms with Gasteiger partial charge in [0.25, 0.3) is 5.69 Å². The Labute approximate surface area is 155 Å². The predicted molar refractivity (Wildman–Crippen MR) is 100 cm³/mol. The number of halogens is 2. The molecule has 0 bridgehead atoms. The molecule has 0 aliphatic carbocycles. The van der Waals surface area contributed by atoms with Gasteiger partial charge in [-0.25, -0.2) is 0 Å². The summed E-state index contributed by atoms with van der Waals surface area (Å²) in [7, 11) is 0. The molecule has 0 radical (unpaired) electrons. The molecular formula is C16H11Br2N3O3. The van der Waals surface area contributed by atoms with Crippen LogP contribution in [0.5, 0.6) is 5.75 Å². The lowest BCUT2D eigenvalue weighted by atomic mass is 10.2. The number of hydrogen-bond donors (Lipinski definition) is 1. The van der Waals surface area contributed by atoms with E-state index in [1.807, 2.05) is 12.1 Å². The van der Waals surface area contributed by atoms with Crippen molar-refractivity contribution in [2.45, 2.75) is 0 Å². The Balaban J connectivity index is 2.06. The van der Waals surface area contributed by atoms with Crippen molar-refractivity contribution in [3.05, 3.63) is 61.0 Å². The van der Waals surface area contributed by atoms with E-state index in [1.165, 1.54) is 12.1 Å². The van der Waals surface area contributed by atoms with E-state index in [0.717, 1.165) is 14.5 Å². The average Bonchev–Trinajstić information content (AvgIpc) is 2.54. The second-order valence-electron chi connectivity index (χ2n) is 4.48. The fraction of sp³-hybridized carbons (Fsp3) is 0.0625. The Morgan fingerprint density at radius 1 is 1.29 bits per heavy atom. The number of ether oxygens (including phenoxy) is 1. The van der Waals surface area contributed by atoms with Crippen LogP contribution in [0.3, 0.4) is 0 Å². The van der Waals surface area contributed by atoms with Crippen molar-refractivity contribution in [1.29, 1.82) is 0 Å². The first-order valence-corrected chi connectivity index (χ1v) is 8.18. The zero-order chi connectivity index (χ0) is 17.5. The van der Waals surface area contributed by atoms with Crippen LogP contribution < -0.4 is 10.2 Å². The molecular weight excluding hydrogens is 442 g/mol. The van der Waals surface area contributed by atoms with Crippen LogP contribution in [-0.4, -0.2) is 17.7 Å². The molecule has 0 aliphatic heterocycles. The fourth-order valence-corrected chi connectivity index (χ4v) is 3.20. The van der Waals surface area contributed by atoms with Crippen LogP contribution in [0.2, 0.25) is 0 Å². The third-order valence-electron chi connectivity index (χ3n) is 2.81. The van der Waals surface area contributed by atoms with Gasteiger partial charge in [0.05, 0.1) is 25.8 Å². The maximum Gasteiger partial charge on any atom is 0.269 e.